The maximum Gasteiger partial charge on any atom is 0.325 e. The first kappa shape index (κ1) is 19.5. The van der Waals surface area contributed by atoms with E-state index in [1.807, 2.05) is 25.1 Å². The highest BCUT2D eigenvalue weighted by atomic mass is 35.5. The summed E-state index contributed by atoms with van der Waals surface area (Å²) < 4.78 is 6.42. The fourth-order valence-electron chi connectivity index (χ4n) is 3.14. The van der Waals surface area contributed by atoms with Crippen LogP contribution in [0.25, 0.3) is 10.2 Å². The minimum Gasteiger partial charge on any atom is -0.494 e. The molecule has 1 fully saturated rings. The summed E-state index contributed by atoms with van der Waals surface area (Å²) >= 11 is 7.28. The average Bonchev–Trinajstić information content (AvgIpc) is 3.25. The van der Waals surface area contributed by atoms with Gasteiger partial charge in [-0.25, -0.2) is 9.78 Å². The molecule has 4 rings (SSSR count). The Morgan fingerprint density at radius 3 is 2.79 bits per heavy atom. The molecule has 0 bridgehead atoms. The number of fused-ring (bicyclic) bond motifs is 1. The summed E-state index contributed by atoms with van der Waals surface area (Å²) in [5.74, 6) is 0.492. The number of rotatable bonds is 6. The lowest BCUT2D eigenvalue weighted by Crippen LogP contribution is -2.37. The van der Waals surface area contributed by atoms with Crippen LogP contribution in [0.4, 0.5) is 15.6 Å². The Kier molecular flexibility index (Phi) is 5.55. The molecule has 1 aromatic heterocycles. The number of thiazole rings is 1. The normalized spacial score (nSPS) is 13.9. The molecule has 1 saturated heterocycles. The molecule has 1 aliphatic rings. The van der Waals surface area contributed by atoms with Gasteiger partial charge in [0.1, 0.15) is 12.3 Å². The van der Waals surface area contributed by atoms with Crippen molar-refractivity contribution < 1.29 is 14.3 Å². The molecule has 0 radical (unpaired) electrons. The third kappa shape index (κ3) is 4.28. The predicted octanol–water partition coefficient (Wildman–Crippen LogP) is 4.23. The standard InChI is InChI=1S/C20H19ClN4O3S/c1-2-28-15-7-8-16-17(11-15)29-19(22-16)23-18(26)12-24-9-10-25(20(24)27)14-5-3-13(21)4-6-14/h3-8,11H,2,9-10,12H2,1H3,(H,22,23,26). The van der Waals surface area contributed by atoms with Crippen molar-refractivity contribution in [2.75, 3.05) is 36.5 Å². The van der Waals surface area contributed by atoms with Crippen LogP contribution in [0.5, 0.6) is 5.75 Å². The quantitative estimate of drug-likeness (QED) is 0.635. The molecule has 2 heterocycles. The van der Waals surface area contributed by atoms with Gasteiger partial charge >= 0.3 is 6.03 Å². The van der Waals surface area contributed by atoms with Crippen LogP contribution in [0.15, 0.2) is 42.5 Å². The van der Waals surface area contributed by atoms with E-state index in [9.17, 15) is 9.59 Å². The molecule has 29 heavy (non-hydrogen) atoms. The second kappa shape index (κ2) is 8.26. The summed E-state index contributed by atoms with van der Waals surface area (Å²) in [4.78, 5) is 32.7. The van der Waals surface area contributed by atoms with E-state index in [4.69, 9.17) is 16.3 Å². The third-order valence-corrected chi connectivity index (χ3v) is 5.67. The largest absolute Gasteiger partial charge is 0.494 e. The molecular formula is C20H19ClN4O3S. The van der Waals surface area contributed by atoms with Gasteiger partial charge < -0.3 is 15.0 Å². The number of hydrogen-bond donors (Lipinski definition) is 1. The van der Waals surface area contributed by atoms with Crippen LogP contribution < -0.4 is 15.0 Å². The third-order valence-electron chi connectivity index (χ3n) is 4.48. The van der Waals surface area contributed by atoms with Gasteiger partial charge in [0.25, 0.3) is 0 Å². The summed E-state index contributed by atoms with van der Waals surface area (Å²) in [6.45, 7) is 3.49. The zero-order valence-electron chi connectivity index (χ0n) is 15.7. The van der Waals surface area contributed by atoms with Crippen LogP contribution in [0.1, 0.15) is 6.92 Å². The van der Waals surface area contributed by atoms with E-state index >= 15 is 0 Å². The highest BCUT2D eigenvalue weighted by Crippen LogP contribution is 2.29. The lowest BCUT2D eigenvalue weighted by molar-refractivity contribution is -0.116. The molecule has 0 saturated carbocycles. The number of urea groups is 1. The van der Waals surface area contributed by atoms with Gasteiger partial charge in [0.05, 0.1) is 16.8 Å². The van der Waals surface area contributed by atoms with Gasteiger partial charge in [0, 0.05) is 23.8 Å². The maximum absolute atomic E-state index is 12.6. The number of halogens is 1. The number of nitrogens with zero attached hydrogens (tertiary/aromatic N) is 3. The molecule has 3 aromatic rings. The summed E-state index contributed by atoms with van der Waals surface area (Å²) in [6.07, 6.45) is 0. The number of amides is 3. The Balaban J connectivity index is 1.39. The molecule has 0 atom stereocenters. The van der Waals surface area contributed by atoms with Crippen molar-refractivity contribution in [2.45, 2.75) is 6.92 Å². The monoisotopic (exact) mass is 430 g/mol. The van der Waals surface area contributed by atoms with Crippen molar-refractivity contribution in [2.24, 2.45) is 0 Å². The zero-order valence-corrected chi connectivity index (χ0v) is 17.3. The van der Waals surface area contributed by atoms with Gasteiger partial charge in [-0.2, -0.15) is 0 Å². The van der Waals surface area contributed by atoms with Gasteiger partial charge in [0.15, 0.2) is 5.13 Å². The Labute approximate surface area is 176 Å². The number of ether oxygens (including phenoxy) is 1. The summed E-state index contributed by atoms with van der Waals surface area (Å²) in [5.41, 5.74) is 1.55. The maximum atomic E-state index is 12.6. The van der Waals surface area contributed by atoms with Crippen LogP contribution in [-0.4, -0.2) is 48.1 Å². The summed E-state index contributed by atoms with van der Waals surface area (Å²) in [7, 11) is 0. The Morgan fingerprint density at radius 2 is 2.03 bits per heavy atom. The van der Waals surface area contributed by atoms with Crippen LogP contribution in [0.3, 0.4) is 0 Å². The molecule has 7 nitrogen and oxygen atoms in total. The van der Waals surface area contributed by atoms with Crippen molar-refractivity contribution in [3.63, 3.8) is 0 Å². The lowest BCUT2D eigenvalue weighted by Gasteiger charge is -2.18. The highest BCUT2D eigenvalue weighted by Gasteiger charge is 2.30. The molecule has 2 aromatic carbocycles. The molecule has 0 unspecified atom stereocenters. The number of carbonyl (C=O) groups excluding carboxylic acids is 2. The van der Waals surface area contributed by atoms with Crippen molar-refractivity contribution in [1.82, 2.24) is 9.88 Å². The van der Waals surface area contributed by atoms with E-state index in [1.54, 1.807) is 29.2 Å². The number of nitrogens with one attached hydrogen (secondary N) is 1. The fraction of sp³-hybridized carbons (Fsp3) is 0.250. The molecule has 3 amide bonds. The first-order valence-corrected chi connectivity index (χ1v) is 10.4. The average molecular weight is 431 g/mol. The van der Waals surface area contributed by atoms with Gasteiger partial charge in [-0.1, -0.05) is 22.9 Å². The first-order chi connectivity index (χ1) is 14.0. The summed E-state index contributed by atoms with van der Waals surface area (Å²) in [6, 6.07) is 12.5. The van der Waals surface area contributed by atoms with E-state index in [1.165, 1.54) is 16.2 Å². The van der Waals surface area contributed by atoms with Gasteiger partial charge in [-0.05, 0) is 49.4 Å². The van der Waals surface area contributed by atoms with E-state index in [0.717, 1.165) is 21.7 Å². The molecular weight excluding hydrogens is 412 g/mol. The Hall–Kier alpha value is -2.84. The van der Waals surface area contributed by atoms with Crippen LogP contribution in [0.2, 0.25) is 5.02 Å². The number of anilines is 2. The fourth-order valence-corrected chi connectivity index (χ4v) is 4.17. The molecule has 0 aliphatic carbocycles. The van der Waals surface area contributed by atoms with Crippen molar-refractivity contribution in [3.05, 3.63) is 47.5 Å². The van der Waals surface area contributed by atoms with Gasteiger partial charge in [-0.3, -0.25) is 9.69 Å². The molecule has 1 N–H and O–H groups in total. The van der Waals surface area contributed by atoms with Crippen LogP contribution in [0, 0.1) is 0 Å². The number of aromatic nitrogens is 1. The van der Waals surface area contributed by atoms with E-state index in [0.29, 0.717) is 29.9 Å². The first-order valence-electron chi connectivity index (χ1n) is 9.19. The van der Waals surface area contributed by atoms with Crippen LogP contribution >= 0.6 is 22.9 Å². The zero-order chi connectivity index (χ0) is 20.4. The van der Waals surface area contributed by atoms with E-state index in [2.05, 4.69) is 10.3 Å². The Bertz CT molecular complexity index is 1050. The summed E-state index contributed by atoms with van der Waals surface area (Å²) in [5, 5.41) is 3.90. The topological polar surface area (TPSA) is 74.8 Å². The predicted molar refractivity (Wildman–Crippen MR) is 115 cm³/mol. The van der Waals surface area contributed by atoms with Crippen molar-refractivity contribution in [1.29, 1.82) is 0 Å². The number of benzene rings is 2. The van der Waals surface area contributed by atoms with Gasteiger partial charge in [0.2, 0.25) is 5.91 Å². The molecule has 150 valence electrons. The number of carbonyl (C=O) groups is 2. The van der Waals surface area contributed by atoms with Gasteiger partial charge in [-0.15, -0.1) is 0 Å². The Morgan fingerprint density at radius 1 is 1.24 bits per heavy atom. The van der Waals surface area contributed by atoms with E-state index in [-0.39, 0.29) is 18.5 Å². The minimum absolute atomic E-state index is 0.0248. The molecule has 9 heteroatoms. The second-order valence-electron chi connectivity index (χ2n) is 6.46. The smallest absolute Gasteiger partial charge is 0.325 e. The second-order valence-corrected chi connectivity index (χ2v) is 7.93. The molecule has 0 spiro atoms. The minimum atomic E-state index is -0.277. The SMILES string of the molecule is CCOc1ccc2nc(NC(=O)CN3CCN(c4ccc(Cl)cc4)C3=O)sc2c1. The lowest BCUT2D eigenvalue weighted by atomic mass is 10.3. The molecule has 1 aliphatic heterocycles. The number of hydrogen-bond acceptors (Lipinski definition) is 5. The highest BCUT2D eigenvalue weighted by molar-refractivity contribution is 7.22. The van der Waals surface area contributed by atoms with Crippen molar-refractivity contribution in [3.8, 4) is 5.75 Å². The van der Waals surface area contributed by atoms with Crippen LogP contribution in [-0.2, 0) is 4.79 Å². The van der Waals surface area contributed by atoms with Crippen molar-refractivity contribution >= 4 is 55.9 Å². The van der Waals surface area contributed by atoms with E-state index < -0.39 is 0 Å².